The van der Waals surface area contributed by atoms with E-state index >= 15 is 0 Å². The number of pyridine rings is 5. The zero-order chi connectivity index (χ0) is 93.6. The third-order valence-electron chi connectivity index (χ3n) is 22.9. The maximum Gasteiger partial charge on any atom is 0.165 e. The minimum absolute atomic E-state index is 0.178. The first kappa shape index (κ1) is 84.2. The minimum Gasteiger partial charge on any atom is -0.508 e. The molecule has 0 bridgehead atoms. The number of aromatic amines is 1. The first-order valence-corrected chi connectivity index (χ1v) is 42.5. The average Bonchev–Trinajstić information content (AvgIpc) is 1.67. The summed E-state index contributed by atoms with van der Waals surface area (Å²) in [6.07, 6.45) is 24.9. The SMILES string of the molecule is COc1ccc(-c2cc(N)n3ncc(-c4cnc5ccccc5c4)c3n2)cc1OC.Cn1cc(-c2cc(N)n3ncc(-c4cnc5ccccc5c4)c3n2)cn1.Nc1cc(-c2cc(O)cc(F)c2)nc2c(-c3cnc4ccccc4c3)cnn12.Nc1cc(-c2ccc(O)c(F)c2)nc2c(-c3cnc4ccccc4c3)cnn12.Nc1cc(-c2cn[nH]c2)nc2c(-c3cnc4ccccc4c3)cnn12. The van der Waals surface area contributed by atoms with Gasteiger partial charge in [-0.3, -0.25) is 34.7 Å². The van der Waals surface area contributed by atoms with Crippen molar-refractivity contribution in [3.05, 3.63) is 335 Å². The van der Waals surface area contributed by atoms with E-state index in [9.17, 15) is 19.0 Å². The molecule has 0 atom stereocenters. The van der Waals surface area contributed by atoms with Crippen LogP contribution in [0.25, 0.3) is 195 Å². The van der Waals surface area contributed by atoms with Crippen molar-refractivity contribution in [1.29, 1.82) is 0 Å². The van der Waals surface area contributed by atoms with Crippen LogP contribution in [0.15, 0.2) is 323 Å². The van der Waals surface area contributed by atoms with Gasteiger partial charge in [0.1, 0.15) is 40.7 Å². The van der Waals surface area contributed by atoms with Gasteiger partial charge in [-0.1, -0.05) is 91.0 Å². The lowest BCUT2D eigenvalue weighted by molar-refractivity contribution is 0.355. The second-order valence-electron chi connectivity index (χ2n) is 31.7. The smallest absolute Gasteiger partial charge is 0.165 e. The highest BCUT2D eigenvalue weighted by atomic mass is 19.1. The van der Waals surface area contributed by atoms with Crippen LogP contribution in [-0.4, -0.2) is 142 Å². The quantitative estimate of drug-likeness (QED) is 0.0563. The van der Waals surface area contributed by atoms with Crippen molar-refractivity contribution in [1.82, 2.24) is 118 Å². The predicted octanol–water partition coefficient (Wildman–Crippen LogP) is 18.1. The number of aromatic hydroxyl groups is 2. The molecule has 0 aliphatic heterocycles. The summed E-state index contributed by atoms with van der Waals surface area (Å²) < 4.78 is 47.9. The Morgan fingerprint density at radius 3 is 0.949 bits per heavy atom. The molecule has 0 fully saturated rings. The van der Waals surface area contributed by atoms with Crippen molar-refractivity contribution in [3.63, 3.8) is 0 Å². The van der Waals surface area contributed by atoms with E-state index in [1.807, 2.05) is 183 Å². The number of hydrogen-bond acceptors (Lipinski definition) is 26. The Balaban J connectivity index is 0.000000102. The number of methoxy groups -OCH3 is 2. The Kier molecular flexibility index (Phi) is 21.7. The Hall–Kier alpha value is -19.6. The summed E-state index contributed by atoms with van der Waals surface area (Å²) in [4.78, 5) is 46.2. The number of halogens is 2. The molecule has 0 saturated heterocycles. The third-order valence-corrected chi connectivity index (χ3v) is 22.9. The molecule has 0 saturated carbocycles. The molecule has 25 rings (SSSR count). The average molecular weight is 1810 g/mol. The van der Waals surface area contributed by atoms with E-state index in [0.717, 1.165) is 150 Å². The molecule has 137 heavy (non-hydrogen) atoms. The number of nitrogens with one attached hydrogen (secondary N) is 1. The highest BCUT2D eigenvalue weighted by Gasteiger charge is 2.23. The van der Waals surface area contributed by atoms with E-state index in [2.05, 4.69) is 93.9 Å². The van der Waals surface area contributed by atoms with Gasteiger partial charge >= 0.3 is 0 Å². The number of ether oxygens (including phenoxy) is 2. The first-order valence-electron chi connectivity index (χ1n) is 42.5. The Labute approximate surface area is 773 Å². The van der Waals surface area contributed by atoms with Crippen molar-refractivity contribution in [2.45, 2.75) is 0 Å². The number of aromatic nitrogens is 24. The molecular formula is C102H75F2N29O4. The van der Waals surface area contributed by atoms with Crippen molar-refractivity contribution >= 4 is 112 Å². The van der Waals surface area contributed by atoms with E-state index in [4.69, 9.17) is 53.1 Å². The lowest BCUT2D eigenvalue weighted by Crippen LogP contribution is -2.01. The molecular weight excluding hydrogens is 1730 g/mol. The standard InChI is InChI=1S/C23H19N5O2.2C21H14FN5O.C19H15N7.C18H13N7/c1-29-20-8-7-15(10-21(20)30-2)19-11-22(24)28-23(27-19)17(13-26-28)16-9-14-5-3-4-6-18(14)25-12-16;22-15-6-13(7-16(28)8-15)19-9-20(23)27-21(26-19)17(11-25-27)14-5-12-3-1-2-4-18(12)24-10-14;22-16-8-13(5-6-19(16)28)18-9-20(23)27-21(26-18)15(11-25-27)14-7-12-3-1-2-4-17(12)24-10-14;1-25-11-14(9-22-25)17-7-18(20)26-19(24-17)15(10-23-26)13-6-12-4-2-3-5-16(12)21-8-13;19-17-6-16(13-8-21-22-9-13)24-18-14(10-23-25(17)18)12-5-11-3-1-2-4-15(11)20-7-12/h3-13H,24H2,1-2H3;2*1-11,28H,23H2;2-11H,20H2,1H3;1-10H,19H2,(H,21,22). The number of nitrogens with zero attached hydrogens (tertiary/aromatic N) is 23. The molecule has 0 spiro atoms. The van der Waals surface area contributed by atoms with E-state index in [0.29, 0.717) is 91.3 Å². The van der Waals surface area contributed by atoms with E-state index in [1.165, 1.54) is 33.3 Å². The van der Waals surface area contributed by atoms with Gasteiger partial charge < -0.3 is 48.4 Å². The molecule has 0 aliphatic rings. The van der Waals surface area contributed by atoms with E-state index in [1.54, 1.807) is 131 Å². The number of nitrogens with two attached hydrogens (primary N) is 5. The number of H-pyrrole nitrogens is 1. The maximum absolute atomic E-state index is 13.8. The highest BCUT2D eigenvalue weighted by Crippen LogP contribution is 2.39. The molecule has 0 amide bonds. The number of para-hydroxylation sites is 5. The van der Waals surface area contributed by atoms with Crippen LogP contribution in [0, 0.1) is 11.6 Å². The van der Waals surface area contributed by atoms with Gasteiger partial charge in [0.15, 0.2) is 51.3 Å². The van der Waals surface area contributed by atoms with Crippen LogP contribution < -0.4 is 38.1 Å². The Morgan fingerprint density at radius 2 is 0.628 bits per heavy atom. The second-order valence-corrected chi connectivity index (χ2v) is 31.7. The molecule has 0 radical (unpaired) electrons. The van der Waals surface area contributed by atoms with Crippen LogP contribution in [0.1, 0.15) is 0 Å². The Bertz CT molecular complexity index is 8960. The van der Waals surface area contributed by atoms with Crippen molar-refractivity contribution in [3.8, 4) is 135 Å². The monoisotopic (exact) mass is 1810 g/mol. The number of hydrogen-bond donors (Lipinski definition) is 8. The second kappa shape index (κ2) is 35.3. The number of rotatable bonds is 12. The van der Waals surface area contributed by atoms with Crippen LogP contribution in [0.3, 0.4) is 0 Å². The molecule has 13 N–H and O–H groups in total. The molecule has 25 aromatic rings. The van der Waals surface area contributed by atoms with Crippen LogP contribution in [-0.2, 0) is 7.05 Å². The normalized spacial score (nSPS) is 11.3. The van der Waals surface area contributed by atoms with Crippen LogP contribution in [0.2, 0.25) is 0 Å². The zero-order valence-corrected chi connectivity index (χ0v) is 72.7. The number of nitrogen functional groups attached to an aromatic ring is 5. The fourth-order valence-electron chi connectivity index (χ4n) is 16.1. The van der Waals surface area contributed by atoms with Crippen molar-refractivity contribution in [2.24, 2.45) is 7.05 Å². The summed E-state index contributed by atoms with van der Waals surface area (Å²) >= 11 is 0. The van der Waals surface area contributed by atoms with Crippen molar-refractivity contribution < 1.29 is 28.5 Å². The largest absolute Gasteiger partial charge is 0.508 e. The van der Waals surface area contributed by atoms with Gasteiger partial charge in [-0.2, -0.15) is 58.3 Å². The van der Waals surface area contributed by atoms with Gasteiger partial charge in [-0.25, -0.2) is 33.7 Å². The molecule has 8 aromatic carbocycles. The molecule has 0 unspecified atom stereocenters. The molecule has 17 heterocycles. The molecule has 35 heteroatoms. The number of phenolic OH excluding ortho intramolecular Hbond substituents is 2. The van der Waals surface area contributed by atoms with Crippen LogP contribution >= 0.6 is 0 Å². The summed E-state index contributed by atoms with van der Waals surface area (Å²) in [5.74, 6) is 1.67. The summed E-state index contributed by atoms with van der Waals surface area (Å²) in [7, 11) is 5.08. The number of anilines is 5. The number of benzene rings is 8. The highest BCUT2D eigenvalue weighted by molar-refractivity contribution is 5.94. The first-order chi connectivity index (χ1) is 66.8. The van der Waals surface area contributed by atoms with Crippen LogP contribution in [0.4, 0.5) is 37.9 Å². The van der Waals surface area contributed by atoms with Crippen LogP contribution in [0.5, 0.6) is 23.0 Å². The van der Waals surface area contributed by atoms with E-state index < -0.39 is 17.4 Å². The third kappa shape index (κ3) is 16.5. The lowest BCUT2D eigenvalue weighted by Gasteiger charge is -2.10. The number of phenols is 2. The Morgan fingerprint density at radius 1 is 0.299 bits per heavy atom. The van der Waals surface area contributed by atoms with Gasteiger partial charge in [-0.15, -0.1) is 0 Å². The number of aryl methyl sites for hydroxylation is 1. The van der Waals surface area contributed by atoms with Gasteiger partial charge in [-0.05, 0) is 109 Å². The van der Waals surface area contributed by atoms with Gasteiger partial charge in [0.2, 0.25) is 0 Å². The molecule has 17 aromatic heterocycles. The maximum atomic E-state index is 13.8. The lowest BCUT2D eigenvalue weighted by atomic mass is 10.1. The van der Waals surface area contributed by atoms with Gasteiger partial charge in [0, 0.05) is 197 Å². The summed E-state index contributed by atoms with van der Waals surface area (Å²) in [5, 5.41) is 57.1. The summed E-state index contributed by atoms with van der Waals surface area (Å²) in [6.45, 7) is 0. The van der Waals surface area contributed by atoms with E-state index in [-0.39, 0.29) is 5.75 Å². The number of fused-ring (bicyclic) bond motifs is 10. The summed E-state index contributed by atoms with van der Waals surface area (Å²) in [5.41, 5.74) is 54.1. The molecule has 33 nitrogen and oxygen atoms in total. The molecule has 0 aliphatic carbocycles. The van der Waals surface area contributed by atoms with Gasteiger partial charge in [0.05, 0.1) is 114 Å². The molecule has 666 valence electrons. The zero-order valence-electron chi connectivity index (χ0n) is 72.7. The minimum atomic E-state index is -0.717. The fraction of sp³-hybridized carbons (Fsp3) is 0.0294. The topological polar surface area (TPSA) is 451 Å². The summed E-state index contributed by atoms with van der Waals surface area (Å²) in [6, 6.07) is 72.1. The van der Waals surface area contributed by atoms with Crippen molar-refractivity contribution in [2.75, 3.05) is 42.9 Å². The van der Waals surface area contributed by atoms with Gasteiger partial charge in [0.25, 0.3) is 0 Å². The fourth-order valence-corrected chi connectivity index (χ4v) is 16.1. The predicted molar refractivity (Wildman–Crippen MR) is 523 cm³/mol.